The first-order valence-electron chi connectivity index (χ1n) is 5.64. The maximum atomic E-state index is 12.4. The average molecular weight is 204 g/mol. The third-order valence-electron chi connectivity index (χ3n) is 2.72. The molecule has 0 bridgehead atoms. The van der Waals surface area contributed by atoms with E-state index in [1.807, 2.05) is 0 Å². The monoisotopic (exact) mass is 204 g/mol. The van der Waals surface area contributed by atoms with Gasteiger partial charge in [-0.05, 0) is 12.8 Å². The molecule has 0 radical (unpaired) electrons. The first kappa shape index (κ1) is 13.2. The van der Waals surface area contributed by atoms with Gasteiger partial charge >= 0.3 is 0 Å². The lowest BCUT2D eigenvalue weighted by atomic mass is 10.4. The van der Waals surface area contributed by atoms with E-state index in [9.17, 15) is 4.57 Å². The number of hydrogen-bond donors (Lipinski definition) is 0. The number of hydrogen-bond acceptors (Lipinski definition) is 1. The van der Waals surface area contributed by atoms with Crippen molar-refractivity contribution >= 4 is 7.14 Å². The van der Waals surface area contributed by atoms with Crippen molar-refractivity contribution in [2.75, 3.05) is 12.3 Å². The molecule has 0 spiro atoms. The molecule has 80 valence electrons. The van der Waals surface area contributed by atoms with Crippen LogP contribution in [0.3, 0.4) is 0 Å². The maximum Gasteiger partial charge on any atom is 0.0901 e. The van der Waals surface area contributed by atoms with E-state index in [1.165, 1.54) is 12.8 Å². The zero-order valence-corrected chi connectivity index (χ0v) is 10.6. The number of unbranched alkanes of at least 4 members (excludes halogenated alkanes) is 2. The second-order valence-electron chi connectivity index (χ2n) is 4.20. The minimum Gasteiger partial charge on any atom is -0.323 e. The molecule has 1 nitrogen and oxygen atoms in total. The summed E-state index contributed by atoms with van der Waals surface area (Å²) in [6, 6.07) is 0. The maximum absolute atomic E-state index is 12.4. The summed E-state index contributed by atoms with van der Waals surface area (Å²) in [6.45, 7) is 8.58. The van der Waals surface area contributed by atoms with Crippen molar-refractivity contribution in [3.8, 4) is 0 Å². The molecule has 0 unspecified atom stereocenters. The lowest BCUT2D eigenvalue weighted by Gasteiger charge is -2.21. The van der Waals surface area contributed by atoms with Gasteiger partial charge in [-0.1, -0.05) is 40.5 Å². The van der Waals surface area contributed by atoms with Crippen LogP contribution in [-0.4, -0.2) is 18.0 Å². The predicted molar refractivity (Wildman–Crippen MR) is 62.3 cm³/mol. The lowest BCUT2D eigenvalue weighted by molar-refractivity contribution is 0.563. The minimum absolute atomic E-state index is 0.394. The molecule has 0 heterocycles. The molecule has 0 aliphatic rings. The van der Waals surface area contributed by atoms with Crippen molar-refractivity contribution in [1.82, 2.24) is 0 Å². The van der Waals surface area contributed by atoms with Gasteiger partial charge < -0.3 is 4.57 Å². The summed E-state index contributed by atoms with van der Waals surface area (Å²) in [4.78, 5) is 0. The van der Waals surface area contributed by atoms with Crippen molar-refractivity contribution < 1.29 is 4.57 Å². The molecule has 0 saturated carbocycles. The summed E-state index contributed by atoms with van der Waals surface area (Å²) in [7, 11) is -1.82. The fraction of sp³-hybridized carbons (Fsp3) is 1.00. The van der Waals surface area contributed by atoms with Gasteiger partial charge in [-0.15, -0.1) is 0 Å². The highest BCUT2D eigenvalue weighted by atomic mass is 31.2. The first-order chi connectivity index (χ1) is 6.06. The Bertz CT molecular complexity index is 151. The van der Waals surface area contributed by atoms with Gasteiger partial charge in [0.2, 0.25) is 0 Å². The summed E-state index contributed by atoms with van der Waals surface area (Å²) in [5.41, 5.74) is 0.394. The molecule has 0 aromatic carbocycles. The van der Waals surface area contributed by atoms with Gasteiger partial charge in [0.05, 0.1) is 7.14 Å². The highest BCUT2D eigenvalue weighted by molar-refractivity contribution is 7.64. The summed E-state index contributed by atoms with van der Waals surface area (Å²) in [5.74, 6) is 0. The van der Waals surface area contributed by atoms with Crippen LogP contribution < -0.4 is 0 Å². The molecule has 0 amide bonds. The van der Waals surface area contributed by atoms with Crippen LogP contribution in [0.2, 0.25) is 0 Å². The van der Waals surface area contributed by atoms with Gasteiger partial charge in [-0.2, -0.15) is 0 Å². The zero-order valence-electron chi connectivity index (χ0n) is 9.68. The second kappa shape index (κ2) is 6.65. The van der Waals surface area contributed by atoms with Crippen molar-refractivity contribution in [1.29, 1.82) is 0 Å². The molecule has 13 heavy (non-hydrogen) atoms. The number of rotatable bonds is 7. The Hall–Kier alpha value is 0.230. The Balaban J connectivity index is 4.09. The van der Waals surface area contributed by atoms with E-state index < -0.39 is 7.14 Å². The van der Waals surface area contributed by atoms with E-state index in [1.54, 1.807) is 0 Å². The molecule has 2 heteroatoms. The Labute approximate surface area is 83.7 Å². The first-order valence-corrected chi connectivity index (χ1v) is 7.79. The van der Waals surface area contributed by atoms with Gasteiger partial charge in [0.1, 0.15) is 0 Å². The predicted octanol–water partition coefficient (Wildman–Crippen LogP) is 4.36. The Morgan fingerprint density at radius 3 is 1.62 bits per heavy atom. The van der Waals surface area contributed by atoms with Crippen LogP contribution >= 0.6 is 7.14 Å². The second-order valence-corrected chi connectivity index (χ2v) is 8.03. The van der Waals surface area contributed by atoms with E-state index in [2.05, 4.69) is 27.7 Å². The van der Waals surface area contributed by atoms with Crippen molar-refractivity contribution in [2.24, 2.45) is 0 Å². The molecule has 0 aliphatic carbocycles. The quantitative estimate of drug-likeness (QED) is 0.563. The third-order valence-corrected chi connectivity index (χ3v) is 6.75. The summed E-state index contributed by atoms with van der Waals surface area (Å²) in [6.07, 6.45) is 6.56. The molecule has 0 aromatic rings. The SMILES string of the molecule is CCCCP(=O)(CCCC)C(C)C. The van der Waals surface area contributed by atoms with Gasteiger partial charge in [0, 0.05) is 18.0 Å². The summed E-state index contributed by atoms with van der Waals surface area (Å²) >= 11 is 0. The van der Waals surface area contributed by atoms with Crippen LogP contribution in [-0.2, 0) is 4.57 Å². The summed E-state index contributed by atoms with van der Waals surface area (Å²) in [5, 5.41) is 0. The Kier molecular flexibility index (Phi) is 6.77. The van der Waals surface area contributed by atoms with Gasteiger partial charge in [-0.3, -0.25) is 0 Å². The molecule has 0 N–H and O–H groups in total. The van der Waals surface area contributed by atoms with E-state index in [0.717, 1.165) is 25.2 Å². The van der Waals surface area contributed by atoms with E-state index >= 15 is 0 Å². The molecule has 0 saturated heterocycles. The third kappa shape index (κ3) is 4.86. The van der Waals surface area contributed by atoms with Gasteiger partial charge in [0.15, 0.2) is 0 Å². The van der Waals surface area contributed by atoms with Crippen LogP contribution in [0.15, 0.2) is 0 Å². The molecule has 0 atom stereocenters. The lowest BCUT2D eigenvalue weighted by Crippen LogP contribution is -2.06. The Morgan fingerprint density at radius 1 is 1.00 bits per heavy atom. The molecule has 0 rings (SSSR count). The van der Waals surface area contributed by atoms with E-state index in [-0.39, 0.29) is 0 Å². The largest absolute Gasteiger partial charge is 0.323 e. The van der Waals surface area contributed by atoms with Crippen LogP contribution in [0.4, 0.5) is 0 Å². The molecular formula is C11H25OP. The van der Waals surface area contributed by atoms with E-state index in [4.69, 9.17) is 0 Å². The zero-order chi connectivity index (χ0) is 10.3. The topological polar surface area (TPSA) is 17.1 Å². The molecule has 0 fully saturated rings. The van der Waals surface area contributed by atoms with Crippen molar-refractivity contribution in [2.45, 2.75) is 59.0 Å². The minimum atomic E-state index is -1.82. The summed E-state index contributed by atoms with van der Waals surface area (Å²) < 4.78 is 12.4. The van der Waals surface area contributed by atoms with Crippen LogP contribution in [0.1, 0.15) is 53.4 Å². The van der Waals surface area contributed by atoms with Crippen LogP contribution in [0.5, 0.6) is 0 Å². The van der Waals surface area contributed by atoms with Crippen LogP contribution in [0, 0.1) is 0 Å². The van der Waals surface area contributed by atoms with Gasteiger partial charge in [0.25, 0.3) is 0 Å². The molecular weight excluding hydrogens is 179 g/mol. The normalized spacial score (nSPS) is 12.4. The standard InChI is InChI=1S/C11H25OP/c1-5-7-9-13(12,11(3)4)10-8-6-2/h11H,5-10H2,1-4H3. The average Bonchev–Trinajstić information content (AvgIpc) is 2.11. The fourth-order valence-corrected chi connectivity index (χ4v) is 4.44. The van der Waals surface area contributed by atoms with Crippen molar-refractivity contribution in [3.05, 3.63) is 0 Å². The van der Waals surface area contributed by atoms with E-state index in [0.29, 0.717) is 5.66 Å². The highest BCUT2D eigenvalue weighted by Crippen LogP contribution is 2.51. The molecule has 0 aliphatic heterocycles. The van der Waals surface area contributed by atoms with Gasteiger partial charge in [-0.25, -0.2) is 0 Å². The molecule has 0 aromatic heterocycles. The smallest absolute Gasteiger partial charge is 0.0901 e. The van der Waals surface area contributed by atoms with Crippen LogP contribution in [0.25, 0.3) is 0 Å². The highest BCUT2D eigenvalue weighted by Gasteiger charge is 2.24. The Morgan fingerprint density at radius 2 is 1.38 bits per heavy atom. The fourth-order valence-electron chi connectivity index (χ4n) is 1.48. The van der Waals surface area contributed by atoms with Crippen molar-refractivity contribution in [3.63, 3.8) is 0 Å².